The van der Waals surface area contributed by atoms with Crippen LogP contribution in [0.25, 0.3) is 0 Å². The van der Waals surface area contributed by atoms with Crippen LogP contribution in [0.1, 0.15) is 28.5 Å². The largest absolute Gasteiger partial charge is 0.350 e. The van der Waals surface area contributed by atoms with Gasteiger partial charge in [0.15, 0.2) is 5.82 Å². The number of ketones is 1. The summed E-state index contributed by atoms with van der Waals surface area (Å²) in [5, 5.41) is 13.1. The van der Waals surface area contributed by atoms with E-state index in [4.69, 9.17) is 5.26 Å². The number of hydrogen-bond acceptors (Lipinski definition) is 4. The van der Waals surface area contributed by atoms with E-state index in [2.05, 4.69) is 5.10 Å². The van der Waals surface area contributed by atoms with Crippen molar-refractivity contribution in [2.75, 3.05) is 18.0 Å². The van der Waals surface area contributed by atoms with Crippen LogP contribution in [0.4, 0.5) is 14.6 Å². The minimum atomic E-state index is -2.48. The smallest absolute Gasteiger partial charge is 0.255 e. The summed E-state index contributed by atoms with van der Waals surface area (Å²) in [7, 11) is 1.58. The maximum absolute atomic E-state index is 12.6. The van der Waals surface area contributed by atoms with Crippen LogP contribution >= 0.6 is 0 Å². The molecular weight excluding hydrogens is 302 g/mol. The number of carbonyl (C=O) groups excluding carboxylic acids is 1. The Labute approximate surface area is 132 Å². The van der Waals surface area contributed by atoms with Crippen LogP contribution in [0.15, 0.2) is 30.3 Å². The van der Waals surface area contributed by atoms with Gasteiger partial charge in [0.25, 0.3) is 6.43 Å². The average Bonchev–Trinajstić information content (AvgIpc) is 2.93. The van der Waals surface area contributed by atoms with E-state index in [1.54, 1.807) is 32.2 Å². The van der Waals surface area contributed by atoms with Gasteiger partial charge in [0.2, 0.25) is 5.78 Å². The van der Waals surface area contributed by atoms with Crippen molar-refractivity contribution < 1.29 is 13.6 Å². The van der Waals surface area contributed by atoms with Gasteiger partial charge in [-0.15, -0.1) is 0 Å². The van der Waals surface area contributed by atoms with Crippen LogP contribution in [-0.4, -0.2) is 35.1 Å². The fraction of sp³-hybridized carbons (Fsp3) is 0.312. The van der Waals surface area contributed by atoms with E-state index in [1.165, 1.54) is 21.7 Å². The van der Waals surface area contributed by atoms with Gasteiger partial charge in [-0.05, 0) is 19.1 Å². The van der Waals surface area contributed by atoms with Crippen molar-refractivity contribution in [2.24, 2.45) is 7.05 Å². The molecule has 23 heavy (non-hydrogen) atoms. The molecule has 0 spiro atoms. The number of anilines is 1. The van der Waals surface area contributed by atoms with E-state index in [1.807, 2.05) is 6.07 Å². The van der Waals surface area contributed by atoms with Gasteiger partial charge in [0, 0.05) is 25.2 Å². The summed E-state index contributed by atoms with van der Waals surface area (Å²) in [6, 6.07) is 9.79. The normalized spacial score (nSPS) is 10.6. The van der Waals surface area contributed by atoms with Crippen LogP contribution in [0.2, 0.25) is 0 Å². The molecule has 1 aromatic carbocycles. The number of hydrogen-bond donors (Lipinski definition) is 0. The van der Waals surface area contributed by atoms with Gasteiger partial charge in [-0.25, -0.2) is 8.78 Å². The summed E-state index contributed by atoms with van der Waals surface area (Å²) in [5.74, 6) is 0.0199. The molecule has 0 aliphatic rings. The van der Waals surface area contributed by atoms with Gasteiger partial charge in [-0.2, -0.15) is 10.4 Å². The lowest BCUT2D eigenvalue weighted by Gasteiger charge is -2.19. The lowest BCUT2D eigenvalue weighted by molar-refractivity contribution is 0.103. The van der Waals surface area contributed by atoms with Gasteiger partial charge in [-0.3, -0.25) is 9.48 Å². The number of alkyl halides is 2. The Morgan fingerprint density at radius 1 is 1.43 bits per heavy atom. The molecule has 0 N–H and O–H groups in total. The van der Waals surface area contributed by atoms with Crippen LogP contribution in [0.3, 0.4) is 0 Å². The molecule has 1 aromatic heterocycles. The third-order valence-corrected chi connectivity index (χ3v) is 3.42. The summed E-state index contributed by atoms with van der Waals surface area (Å²) in [6.45, 7) is 1.67. The molecule has 7 heteroatoms. The number of nitriles is 1. The molecule has 0 fully saturated rings. The quantitative estimate of drug-likeness (QED) is 0.768. The number of halogens is 2. The predicted octanol–water partition coefficient (Wildman–Crippen LogP) is 2.61. The highest BCUT2D eigenvalue weighted by Gasteiger charge is 2.20. The van der Waals surface area contributed by atoms with Gasteiger partial charge in [0.1, 0.15) is 5.69 Å². The molecule has 1 heterocycles. The SMILES string of the molecule is CCN(CC(F)F)c1cc(C(=O)c2cccc(C#N)c2)n(C)n1. The highest BCUT2D eigenvalue weighted by molar-refractivity contribution is 6.08. The lowest BCUT2D eigenvalue weighted by Crippen LogP contribution is -2.28. The molecule has 0 bridgehead atoms. The second kappa shape index (κ2) is 7.01. The first kappa shape index (κ1) is 16.6. The third kappa shape index (κ3) is 3.72. The molecular formula is C16H16F2N4O. The summed E-state index contributed by atoms with van der Waals surface area (Å²) >= 11 is 0. The van der Waals surface area contributed by atoms with Crippen LogP contribution < -0.4 is 4.90 Å². The lowest BCUT2D eigenvalue weighted by atomic mass is 10.1. The summed E-state index contributed by atoms with van der Waals surface area (Å²) < 4.78 is 26.6. The number of benzene rings is 1. The second-order valence-electron chi connectivity index (χ2n) is 4.96. The Hall–Kier alpha value is -2.75. The first-order valence-corrected chi connectivity index (χ1v) is 7.08. The molecule has 0 aliphatic carbocycles. The average molecular weight is 318 g/mol. The number of aryl methyl sites for hydroxylation is 1. The zero-order valence-electron chi connectivity index (χ0n) is 12.8. The number of nitrogens with zero attached hydrogens (tertiary/aromatic N) is 4. The summed E-state index contributed by atoms with van der Waals surface area (Å²) in [5.41, 5.74) is 1.02. The zero-order chi connectivity index (χ0) is 17.0. The van der Waals surface area contributed by atoms with Gasteiger partial charge < -0.3 is 4.90 Å². The molecule has 0 atom stereocenters. The molecule has 0 saturated carbocycles. The Bertz CT molecular complexity index is 749. The maximum Gasteiger partial charge on any atom is 0.255 e. The van der Waals surface area contributed by atoms with E-state index >= 15 is 0 Å². The topological polar surface area (TPSA) is 61.9 Å². The highest BCUT2D eigenvalue weighted by Crippen LogP contribution is 2.18. The first-order chi connectivity index (χ1) is 11.0. The van der Waals surface area contributed by atoms with Crippen LogP contribution in [0.5, 0.6) is 0 Å². The zero-order valence-corrected chi connectivity index (χ0v) is 12.8. The van der Waals surface area contributed by atoms with Gasteiger partial charge >= 0.3 is 0 Å². The molecule has 0 radical (unpaired) electrons. The predicted molar refractivity (Wildman–Crippen MR) is 81.7 cm³/mol. The fourth-order valence-corrected chi connectivity index (χ4v) is 2.25. The second-order valence-corrected chi connectivity index (χ2v) is 4.96. The van der Waals surface area contributed by atoms with Crippen molar-refractivity contribution in [3.63, 3.8) is 0 Å². The van der Waals surface area contributed by atoms with Crippen molar-refractivity contribution in [1.29, 1.82) is 5.26 Å². The van der Waals surface area contributed by atoms with Crippen molar-refractivity contribution in [3.05, 3.63) is 47.2 Å². The first-order valence-electron chi connectivity index (χ1n) is 7.08. The van der Waals surface area contributed by atoms with E-state index in [9.17, 15) is 13.6 Å². The molecule has 0 saturated heterocycles. The van der Waals surface area contributed by atoms with Crippen molar-refractivity contribution >= 4 is 11.6 Å². The molecule has 5 nitrogen and oxygen atoms in total. The minimum absolute atomic E-state index is 0.280. The number of rotatable bonds is 6. The summed E-state index contributed by atoms with van der Waals surface area (Å²) in [4.78, 5) is 14.0. The van der Waals surface area contributed by atoms with Crippen molar-refractivity contribution in [3.8, 4) is 6.07 Å². The van der Waals surface area contributed by atoms with Crippen LogP contribution in [0, 0.1) is 11.3 Å². The van der Waals surface area contributed by atoms with Crippen molar-refractivity contribution in [2.45, 2.75) is 13.3 Å². The highest BCUT2D eigenvalue weighted by atomic mass is 19.3. The van der Waals surface area contributed by atoms with Gasteiger partial charge in [0.05, 0.1) is 18.2 Å². The Morgan fingerprint density at radius 2 is 2.17 bits per heavy atom. The Balaban J connectivity index is 2.33. The van der Waals surface area contributed by atoms with E-state index in [0.717, 1.165) is 0 Å². The Morgan fingerprint density at radius 3 is 2.78 bits per heavy atom. The standard InChI is InChI=1S/C16H16F2N4O/c1-3-22(10-14(17)18)15-8-13(21(2)20-15)16(23)12-6-4-5-11(7-12)9-19/h4-8,14H,3,10H2,1-2H3. The maximum atomic E-state index is 12.6. The van der Waals surface area contributed by atoms with E-state index in [0.29, 0.717) is 23.5 Å². The third-order valence-electron chi connectivity index (χ3n) is 3.42. The monoisotopic (exact) mass is 318 g/mol. The molecule has 0 aliphatic heterocycles. The summed E-state index contributed by atoms with van der Waals surface area (Å²) in [6.07, 6.45) is -2.48. The Kier molecular flexibility index (Phi) is 5.06. The number of aromatic nitrogens is 2. The fourth-order valence-electron chi connectivity index (χ4n) is 2.25. The molecule has 0 amide bonds. The van der Waals surface area contributed by atoms with Crippen molar-refractivity contribution in [1.82, 2.24) is 9.78 Å². The molecule has 2 aromatic rings. The van der Waals surface area contributed by atoms with E-state index in [-0.39, 0.29) is 11.5 Å². The van der Waals surface area contributed by atoms with Gasteiger partial charge in [-0.1, -0.05) is 12.1 Å². The van der Waals surface area contributed by atoms with E-state index < -0.39 is 13.0 Å². The molecule has 2 rings (SSSR count). The molecule has 0 unspecified atom stereocenters. The molecule has 120 valence electrons. The number of carbonyl (C=O) groups is 1. The minimum Gasteiger partial charge on any atom is -0.350 e. The van der Waals surface area contributed by atoms with Crippen LogP contribution in [-0.2, 0) is 7.05 Å².